The van der Waals surface area contributed by atoms with E-state index in [1.54, 1.807) is 18.4 Å². The van der Waals surface area contributed by atoms with Gasteiger partial charge in [0.15, 0.2) is 5.96 Å². The number of rotatable bonds is 7. The third-order valence-corrected chi connectivity index (χ3v) is 4.42. The highest BCUT2D eigenvalue weighted by Gasteiger charge is 2.34. The first-order chi connectivity index (χ1) is 10.2. The lowest BCUT2D eigenvalue weighted by Crippen LogP contribution is -2.41. The molecule has 6 heteroatoms. The van der Waals surface area contributed by atoms with E-state index in [0.717, 1.165) is 19.0 Å². The van der Waals surface area contributed by atoms with Gasteiger partial charge in [-0.15, -0.1) is 24.0 Å². The maximum atomic E-state index is 10.0. The van der Waals surface area contributed by atoms with E-state index in [9.17, 15) is 5.11 Å². The van der Waals surface area contributed by atoms with Crippen molar-refractivity contribution < 1.29 is 9.52 Å². The summed E-state index contributed by atoms with van der Waals surface area (Å²) in [5.41, 5.74) is 0.405. The second-order valence-corrected chi connectivity index (χ2v) is 5.81. The minimum Gasteiger partial charge on any atom is -0.467 e. The van der Waals surface area contributed by atoms with Gasteiger partial charge in [0, 0.05) is 13.1 Å². The molecule has 1 aromatic rings. The van der Waals surface area contributed by atoms with E-state index in [4.69, 9.17) is 4.42 Å². The van der Waals surface area contributed by atoms with Crippen LogP contribution in [0.4, 0.5) is 0 Å². The summed E-state index contributed by atoms with van der Waals surface area (Å²) in [5.74, 6) is 1.34. The number of hydrogen-bond acceptors (Lipinski definition) is 3. The van der Waals surface area contributed by atoms with Gasteiger partial charge in [-0.3, -0.25) is 4.99 Å². The summed E-state index contributed by atoms with van der Waals surface area (Å²) >= 11 is 0. The van der Waals surface area contributed by atoms with E-state index in [2.05, 4.69) is 22.5 Å². The highest BCUT2D eigenvalue weighted by Crippen LogP contribution is 2.43. The molecule has 0 amide bonds. The molecule has 3 N–H and O–H groups in total. The Balaban J connectivity index is 0.00000242. The Kier molecular flexibility index (Phi) is 8.24. The maximum absolute atomic E-state index is 10.0. The normalized spacial score (nSPS) is 18.0. The molecule has 2 rings (SSSR count). The number of aliphatic imine (C=N–C) groups is 1. The molecule has 5 nitrogen and oxygen atoms in total. The summed E-state index contributed by atoms with van der Waals surface area (Å²) in [5, 5.41) is 16.4. The minimum atomic E-state index is -0.660. The number of aliphatic hydroxyl groups is 1. The maximum Gasteiger partial charge on any atom is 0.191 e. The van der Waals surface area contributed by atoms with E-state index < -0.39 is 6.10 Å². The molecule has 0 saturated heterocycles. The Morgan fingerprint density at radius 3 is 2.68 bits per heavy atom. The number of guanidine groups is 1. The van der Waals surface area contributed by atoms with Crippen LogP contribution in [0.15, 0.2) is 27.8 Å². The molecule has 1 fully saturated rings. The van der Waals surface area contributed by atoms with E-state index in [1.807, 2.05) is 6.92 Å². The molecule has 1 atom stereocenters. The van der Waals surface area contributed by atoms with Crippen LogP contribution in [-0.2, 0) is 0 Å². The van der Waals surface area contributed by atoms with Gasteiger partial charge in [0.2, 0.25) is 0 Å². The van der Waals surface area contributed by atoms with E-state index >= 15 is 0 Å². The standard InChI is InChI=1S/C16H27N3O2.HI/c1-3-16(8-6-9-16)12-19-15(17-4-2)18-11-13(20)14-7-5-10-21-14;/h5,7,10,13,20H,3-4,6,8-9,11-12H2,1-2H3,(H2,17,18,19);1H. The third-order valence-electron chi connectivity index (χ3n) is 4.42. The zero-order chi connectivity index (χ0) is 15.1. The van der Waals surface area contributed by atoms with Crippen molar-refractivity contribution in [2.24, 2.45) is 10.4 Å². The lowest BCUT2D eigenvalue weighted by atomic mass is 9.67. The van der Waals surface area contributed by atoms with Gasteiger partial charge in [-0.1, -0.05) is 13.3 Å². The number of furan rings is 1. The Morgan fingerprint density at radius 1 is 1.41 bits per heavy atom. The molecule has 1 aliphatic carbocycles. The number of hydrogen-bond donors (Lipinski definition) is 3. The van der Waals surface area contributed by atoms with Crippen LogP contribution in [0, 0.1) is 5.41 Å². The van der Waals surface area contributed by atoms with Crippen molar-refractivity contribution in [2.75, 3.05) is 19.6 Å². The molecule has 1 saturated carbocycles. The lowest BCUT2D eigenvalue weighted by Gasteiger charge is -2.40. The summed E-state index contributed by atoms with van der Waals surface area (Å²) in [6, 6.07) is 3.55. The van der Waals surface area contributed by atoms with Gasteiger partial charge >= 0.3 is 0 Å². The van der Waals surface area contributed by atoms with Gasteiger partial charge in [-0.25, -0.2) is 0 Å². The molecule has 22 heavy (non-hydrogen) atoms. The molecular weight excluding hydrogens is 393 g/mol. The van der Waals surface area contributed by atoms with Crippen LogP contribution < -0.4 is 10.6 Å². The Labute approximate surface area is 150 Å². The largest absolute Gasteiger partial charge is 0.467 e. The molecule has 1 unspecified atom stereocenters. The highest BCUT2D eigenvalue weighted by atomic mass is 127. The van der Waals surface area contributed by atoms with Crippen LogP contribution in [-0.4, -0.2) is 30.7 Å². The van der Waals surface area contributed by atoms with Gasteiger partial charge in [0.25, 0.3) is 0 Å². The van der Waals surface area contributed by atoms with Crippen LogP contribution in [0.3, 0.4) is 0 Å². The molecule has 0 bridgehead atoms. The molecule has 0 aliphatic heterocycles. The average Bonchev–Trinajstić information content (AvgIpc) is 2.97. The van der Waals surface area contributed by atoms with Gasteiger partial charge in [0.1, 0.15) is 11.9 Å². The molecule has 0 spiro atoms. The van der Waals surface area contributed by atoms with Crippen molar-refractivity contribution in [1.29, 1.82) is 0 Å². The Bertz CT molecular complexity index is 439. The predicted octanol–water partition coefficient (Wildman–Crippen LogP) is 3.07. The fourth-order valence-corrected chi connectivity index (χ4v) is 2.66. The topological polar surface area (TPSA) is 69.8 Å². The second-order valence-electron chi connectivity index (χ2n) is 5.81. The van der Waals surface area contributed by atoms with Crippen molar-refractivity contribution in [2.45, 2.75) is 45.6 Å². The highest BCUT2D eigenvalue weighted by molar-refractivity contribution is 14.0. The number of nitrogens with zero attached hydrogens (tertiary/aromatic N) is 1. The molecule has 0 aromatic carbocycles. The van der Waals surface area contributed by atoms with Crippen LogP contribution in [0.1, 0.15) is 51.4 Å². The predicted molar refractivity (Wildman–Crippen MR) is 99.6 cm³/mol. The van der Waals surface area contributed by atoms with Crippen LogP contribution >= 0.6 is 24.0 Å². The molecule has 1 aromatic heterocycles. The van der Waals surface area contributed by atoms with Crippen LogP contribution in [0.5, 0.6) is 0 Å². The zero-order valence-electron chi connectivity index (χ0n) is 13.5. The summed E-state index contributed by atoms with van der Waals surface area (Å²) in [6.07, 6.45) is 5.98. The van der Waals surface area contributed by atoms with Gasteiger partial charge < -0.3 is 20.2 Å². The van der Waals surface area contributed by atoms with Crippen molar-refractivity contribution in [3.05, 3.63) is 24.2 Å². The van der Waals surface area contributed by atoms with Crippen molar-refractivity contribution >= 4 is 29.9 Å². The average molecular weight is 421 g/mol. The molecule has 1 heterocycles. The Morgan fingerprint density at radius 2 is 2.18 bits per heavy atom. The van der Waals surface area contributed by atoms with Gasteiger partial charge in [-0.2, -0.15) is 0 Å². The lowest BCUT2D eigenvalue weighted by molar-refractivity contribution is 0.138. The van der Waals surface area contributed by atoms with Gasteiger partial charge in [-0.05, 0) is 43.7 Å². The summed E-state index contributed by atoms with van der Waals surface area (Å²) in [6.45, 7) is 6.34. The quantitative estimate of drug-likeness (QED) is 0.360. The van der Waals surface area contributed by atoms with E-state index in [1.165, 1.54) is 25.7 Å². The van der Waals surface area contributed by atoms with Crippen molar-refractivity contribution in [3.8, 4) is 0 Å². The first-order valence-electron chi connectivity index (χ1n) is 7.93. The first-order valence-corrected chi connectivity index (χ1v) is 7.93. The summed E-state index contributed by atoms with van der Waals surface area (Å²) < 4.78 is 5.20. The SMILES string of the molecule is CCNC(=NCC1(CC)CCC1)NCC(O)c1ccco1.I. The smallest absolute Gasteiger partial charge is 0.191 e. The number of aliphatic hydroxyl groups excluding tert-OH is 1. The molecule has 1 aliphatic rings. The summed E-state index contributed by atoms with van der Waals surface area (Å²) in [4.78, 5) is 4.68. The number of nitrogens with one attached hydrogen (secondary N) is 2. The van der Waals surface area contributed by atoms with Crippen molar-refractivity contribution in [3.63, 3.8) is 0 Å². The molecule has 0 radical (unpaired) electrons. The van der Waals surface area contributed by atoms with E-state index in [-0.39, 0.29) is 24.0 Å². The number of halogens is 1. The second kappa shape index (κ2) is 9.39. The molecule has 126 valence electrons. The van der Waals surface area contributed by atoms with Crippen molar-refractivity contribution in [1.82, 2.24) is 10.6 Å². The minimum absolute atomic E-state index is 0. The van der Waals surface area contributed by atoms with E-state index in [0.29, 0.717) is 17.7 Å². The fourth-order valence-electron chi connectivity index (χ4n) is 2.66. The zero-order valence-corrected chi connectivity index (χ0v) is 15.8. The summed E-state index contributed by atoms with van der Waals surface area (Å²) in [7, 11) is 0. The van der Waals surface area contributed by atoms with Crippen LogP contribution in [0.2, 0.25) is 0 Å². The molecular formula is C16H28IN3O2. The Hall–Kier alpha value is -0.760. The monoisotopic (exact) mass is 421 g/mol. The first kappa shape index (κ1) is 19.3. The van der Waals surface area contributed by atoms with Crippen LogP contribution in [0.25, 0.3) is 0 Å². The van der Waals surface area contributed by atoms with Gasteiger partial charge in [0.05, 0.1) is 12.8 Å². The fraction of sp³-hybridized carbons (Fsp3) is 0.688. The third kappa shape index (κ3) is 5.15.